The number of nitrogens with zero attached hydrogens (tertiary/aromatic N) is 1. The number of nitrogen functional groups attached to an aromatic ring is 1. The molecule has 78 valence electrons. The molecule has 0 spiro atoms. The van der Waals surface area contributed by atoms with E-state index >= 15 is 0 Å². The van der Waals surface area contributed by atoms with Crippen molar-refractivity contribution in [2.45, 2.75) is 4.90 Å². The van der Waals surface area contributed by atoms with Gasteiger partial charge in [0.2, 0.25) is 0 Å². The van der Waals surface area contributed by atoms with E-state index in [2.05, 4.69) is 11.1 Å². The fourth-order valence-corrected chi connectivity index (χ4v) is 2.71. The molecule has 2 nitrogen and oxygen atoms in total. The Labute approximate surface area is 101 Å². The summed E-state index contributed by atoms with van der Waals surface area (Å²) in [5.41, 5.74) is 6.66. The summed E-state index contributed by atoms with van der Waals surface area (Å²) in [4.78, 5) is 6.21. The lowest BCUT2D eigenvalue weighted by Gasteiger charge is -2.01. The van der Waals surface area contributed by atoms with Gasteiger partial charge in [-0.3, -0.25) is 0 Å². The van der Waals surface area contributed by atoms with Gasteiger partial charge in [0.1, 0.15) is 0 Å². The van der Waals surface area contributed by atoms with E-state index in [4.69, 9.17) is 17.3 Å². The molecule has 1 heterocycles. The quantitative estimate of drug-likeness (QED) is 0.832. The molecule has 15 heavy (non-hydrogen) atoms. The van der Waals surface area contributed by atoms with Crippen LogP contribution in [-0.2, 0) is 0 Å². The Balaban J connectivity index is 2.48. The molecule has 0 saturated heterocycles. The van der Waals surface area contributed by atoms with Gasteiger partial charge in [-0.1, -0.05) is 22.9 Å². The topological polar surface area (TPSA) is 38.9 Å². The first-order chi connectivity index (χ1) is 7.19. The minimum Gasteiger partial charge on any atom is -0.375 e. The SMILES string of the molecule is CSc1cc(Cl)cc(-c2cnc(N)s2)c1. The Hall–Kier alpha value is -0.710. The predicted octanol–water partition coefficient (Wildman–Crippen LogP) is 3.77. The van der Waals surface area contributed by atoms with E-state index in [1.165, 1.54) is 11.3 Å². The Morgan fingerprint density at radius 2 is 2.20 bits per heavy atom. The summed E-state index contributed by atoms with van der Waals surface area (Å²) in [5, 5.41) is 1.32. The minimum absolute atomic E-state index is 0.579. The molecule has 0 unspecified atom stereocenters. The first-order valence-corrected chi connectivity index (χ1v) is 6.67. The predicted molar refractivity (Wildman–Crippen MR) is 68.8 cm³/mol. The van der Waals surface area contributed by atoms with E-state index in [0.717, 1.165) is 20.4 Å². The number of thioether (sulfide) groups is 1. The van der Waals surface area contributed by atoms with Crippen molar-refractivity contribution >= 4 is 39.8 Å². The molecule has 2 aromatic rings. The number of hydrogen-bond acceptors (Lipinski definition) is 4. The molecular weight excluding hydrogens is 248 g/mol. The van der Waals surface area contributed by atoms with Gasteiger partial charge in [-0.2, -0.15) is 0 Å². The van der Waals surface area contributed by atoms with Crippen molar-refractivity contribution in [3.63, 3.8) is 0 Å². The van der Waals surface area contributed by atoms with Crippen LogP contribution < -0.4 is 5.73 Å². The van der Waals surface area contributed by atoms with Gasteiger partial charge < -0.3 is 5.73 Å². The molecule has 0 atom stereocenters. The highest BCUT2D eigenvalue weighted by Crippen LogP contribution is 2.32. The van der Waals surface area contributed by atoms with E-state index in [0.29, 0.717) is 5.13 Å². The number of hydrogen-bond donors (Lipinski definition) is 1. The fraction of sp³-hybridized carbons (Fsp3) is 0.100. The second-order valence-corrected chi connectivity index (χ2v) is 5.32. The van der Waals surface area contributed by atoms with Crippen LogP contribution in [0.3, 0.4) is 0 Å². The van der Waals surface area contributed by atoms with Crippen molar-refractivity contribution in [2.75, 3.05) is 12.0 Å². The van der Waals surface area contributed by atoms with Crippen LogP contribution in [-0.4, -0.2) is 11.2 Å². The van der Waals surface area contributed by atoms with Crippen LogP contribution in [0.1, 0.15) is 0 Å². The lowest BCUT2D eigenvalue weighted by atomic mass is 10.2. The molecule has 0 aliphatic rings. The van der Waals surface area contributed by atoms with E-state index in [1.54, 1.807) is 18.0 Å². The Bertz CT molecular complexity index is 482. The smallest absolute Gasteiger partial charge is 0.180 e. The van der Waals surface area contributed by atoms with Crippen molar-refractivity contribution in [1.29, 1.82) is 0 Å². The molecule has 5 heteroatoms. The summed E-state index contributed by atoms with van der Waals surface area (Å²) in [6.45, 7) is 0. The average Bonchev–Trinajstić information content (AvgIpc) is 2.64. The summed E-state index contributed by atoms with van der Waals surface area (Å²) in [6, 6.07) is 5.96. The molecule has 1 aromatic heterocycles. The van der Waals surface area contributed by atoms with Crippen LogP contribution in [0.2, 0.25) is 5.02 Å². The number of aromatic nitrogens is 1. The Kier molecular flexibility index (Phi) is 3.19. The van der Waals surface area contributed by atoms with Gasteiger partial charge in [-0.15, -0.1) is 11.8 Å². The number of nitrogens with two attached hydrogens (primary N) is 1. The van der Waals surface area contributed by atoms with Gasteiger partial charge in [0.15, 0.2) is 5.13 Å². The van der Waals surface area contributed by atoms with Crippen molar-refractivity contribution in [2.24, 2.45) is 0 Å². The summed E-state index contributed by atoms with van der Waals surface area (Å²) in [5.74, 6) is 0. The molecule has 0 bridgehead atoms. The fourth-order valence-electron chi connectivity index (χ4n) is 1.24. The van der Waals surface area contributed by atoms with E-state index in [-0.39, 0.29) is 0 Å². The number of benzene rings is 1. The van der Waals surface area contributed by atoms with Crippen LogP contribution in [0, 0.1) is 0 Å². The Morgan fingerprint density at radius 1 is 1.40 bits per heavy atom. The van der Waals surface area contributed by atoms with Gasteiger partial charge in [0, 0.05) is 16.1 Å². The van der Waals surface area contributed by atoms with Gasteiger partial charge in [0.25, 0.3) is 0 Å². The molecule has 0 radical (unpaired) electrons. The average molecular weight is 257 g/mol. The summed E-state index contributed by atoms with van der Waals surface area (Å²) >= 11 is 9.16. The third-order valence-corrected chi connectivity index (χ3v) is 3.72. The zero-order valence-electron chi connectivity index (χ0n) is 8.03. The minimum atomic E-state index is 0.579. The van der Waals surface area contributed by atoms with E-state index in [1.807, 2.05) is 18.4 Å². The van der Waals surface area contributed by atoms with E-state index < -0.39 is 0 Å². The van der Waals surface area contributed by atoms with Gasteiger partial charge in [0.05, 0.1) is 4.88 Å². The van der Waals surface area contributed by atoms with Crippen molar-refractivity contribution in [3.8, 4) is 10.4 Å². The van der Waals surface area contributed by atoms with Crippen molar-refractivity contribution in [3.05, 3.63) is 29.4 Å². The molecular formula is C10H9ClN2S2. The first-order valence-electron chi connectivity index (χ1n) is 4.25. The maximum atomic E-state index is 6.03. The molecule has 2 N–H and O–H groups in total. The standard InChI is InChI=1S/C10H9ClN2S2/c1-14-8-3-6(2-7(11)4-8)9-5-13-10(12)15-9/h2-5H,1H3,(H2,12,13). The molecule has 1 aromatic carbocycles. The summed E-state index contributed by atoms with van der Waals surface area (Å²) < 4.78 is 0. The van der Waals surface area contributed by atoms with Gasteiger partial charge >= 0.3 is 0 Å². The zero-order chi connectivity index (χ0) is 10.8. The first kappa shape index (κ1) is 10.8. The largest absolute Gasteiger partial charge is 0.375 e. The maximum absolute atomic E-state index is 6.03. The number of halogens is 1. The highest BCUT2D eigenvalue weighted by molar-refractivity contribution is 7.98. The normalized spacial score (nSPS) is 10.5. The zero-order valence-corrected chi connectivity index (χ0v) is 10.4. The maximum Gasteiger partial charge on any atom is 0.180 e. The second-order valence-electron chi connectivity index (χ2n) is 2.94. The number of anilines is 1. The van der Waals surface area contributed by atoms with Crippen molar-refractivity contribution in [1.82, 2.24) is 4.98 Å². The van der Waals surface area contributed by atoms with Crippen LogP contribution in [0.25, 0.3) is 10.4 Å². The lowest BCUT2D eigenvalue weighted by molar-refractivity contribution is 1.41. The van der Waals surface area contributed by atoms with Crippen LogP contribution >= 0.6 is 34.7 Å². The van der Waals surface area contributed by atoms with E-state index in [9.17, 15) is 0 Å². The molecule has 0 fully saturated rings. The van der Waals surface area contributed by atoms with Gasteiger partial charge in [-0.05, 0) is 30.0 Å². The van der Waals surface area contributed by atoms with Crippen molar-refractivity contribution < 1.29 is 0 Å². The number of rotatable bonds is 2. The monoisotopic (exact) mass is 256 g/mol. The molecule has 0 amide bonds. The van der Waals surface area contributed by atoms with Gasteiger partial charge in [-0.25, -0.2) is 4.98 Å². The Morgan fingerprint density at radius 3 is 2.80 bits per heavy atom. The third-order valence-electron chi connectivity index (χ3n) is 1.92. The van der Waals surface area contributed by atoms with Crippen LogP contribution in [0.4, 0.5) is 5.13 Å². The second kappa shape index (κ2) is 4.43. The summed E-state index contributed by atoms with van der Waals surface area (Å²) in [7, 11) is 0. The highest BCUT2D eigenvalue weighted by atomic mass is 35.5. The molecule has 0 saturated carbocycles. The number of thiazole rings is 1. The lowest BCUT2D eigenvalue weighted by Crippen LogP contribution is -1.77. The summed E-state index contributed by atoms with van der Waals surface area (Å²) in [6.07, 6.45) is 3.80. The van der Waals surface area contributed by atoms with Crippen LogP contribution in [0.5, 0.6) is 0 Å². The van der Waals surface area contributed by atoms with Crippen LogP contribution in [0.15, 0.2) is 29.3 Å². The highest BCUT2D eigenvalue weighted by Gasteiger charge is 2.05. The molecule has 2 rings (SSSR count). The molecule has 0 aliphatic carbocycles. The third kappa shape index (κ3) is 2.45. The molecule has 0 aliphatic heterocycles.